The van der Waals surface area contributed by atoms with Crippen molar-refractivity contribution in [2.75, 3.05) is 5.32 Å². The van der Waals surface area contributed by atoms with E-state index in [4.69, 9.17) is 11.6 Å². The van der Waals surface area contributed by atoms with Crippen LogP contribution in [0.25, 0.3) is 4.96 Å². The number of halogens is 1. The Morgan fingerprint density at radius 2 is 2.00 bits per heavy atom. The Morgan fingerprint density at radius 3 is 2.68 bits per heavy atom. The van der Waals surface area contributed by atoms with Gasteiger partial charge in [-0.15, -0.1) is 11.3 Å². The molecule has 0 saturated heterocycles. The average Bonchev–Trinajstić information content (AvgIpc) is 3.02. The van der Waals surface area contributed by atoms with Crippen molar-refractivity contribution in [2.45, 2.75) is 40.0 Å². The standard InChI is InChI=1S/C21H22ClN3O2S/c1-21(2,3)13-6-9-16-17(10-13)28-20-23-11-15(19(27)25(16)20)24-18(26)12-4-7-14(22)8-5-12/h4-5,7-8,11,13H,6,9-10H2,1-3H3,(H,24,26). The van der Waals surface area contributed by atoms with Gasteiger partial charge < -0.3 is 5.32 Å². The van der Waals surface area contributed by atoms with Crippen LogP contribution < -0.4 is 10.9 Å². The molecule has 3 aromatic rings. The molecular weight excluding hydrogens is 394 g/mol. The summed E-state index contributed by atoms with van der Waals surface area (Å²) in [6.45, 7) is 6.81. The minimum absolute atomic E-state index is 0.191. The number of amides is 1. The molecule has 1 N–H and O–H groups in total. The van der Waals surface area contributed by atoms with E-state index in [1.807, 2.05) is 0 Å². The summed E-state index contributed by atoms with van der Waals surface area (Å²) in [5.41, 5.74) is 1.69. The Balaban J connectivity index is 1.67. The molecule has 1 aliphatic carbocycles. The van der Waals surface area contributed by atoms with E-state index in [-0.39, 0.29) is 22.6 Å². The number of aryl methyl sites for hydroxylation is 1. The molecule has 1 amide bonds. The number of thiazole rings is 1. The third kappa shape index (κ3) is 3.47. The molecule has 5 nitrogen and oxygen atoms in total. The fourth-order valence-electron chi connectivity index (χ4n) is 3.71. The van der Waals surface area contributed by atoms with Crippen LogP contribution in [-0.2, 0) is 12.8 Å². The molecule has 0 saturated carbocycles. The summed E-state index contributed by atoms with van der Waals surface area (Å²) >= 11 is 7.45. The van der Waals surface area contributed by atoms with Gasteiger partial charge >= 0.3 is 0 Å². The van der Waals surface area contributed by atoms with Crippen molar-refractivity contribution >= 4 is 39.5 Å². The molecule has 0 fully saturated rings. The summed E-state index contributed by atoms with van der Waals surface area (Å²) in [6.07, 6.45) is 4.33. The molecule has 4 rings (SSSR count). The number of hydrogen-bond donors (Lipinski definition) is 1. The average molecular weight is 416 g/mol. The molecule has 1 aliphatic rings. The lowest BCUT2D eigenvalue weighted by Crippen LogP contribution is -2.28. The van der Waals surface area contributed by atoms with Crippen LogP contribution in [-0.4, -0.2) is 15.3 Å². The lowest BCUT2D eigenvalue weighted by Gasteiger charge is -2.33. The smallest absolute Gasteiger partial charge is 0.282 e. The van der Waals surface area contributed by atoms with E-state index >= 15 is 0 Å². The number of anilines is 1. The van der Waals surface area contributed by atoms with E-state index in [1.54, 1.807) is 40.0 Å². The Morgan fingerprint density at radius 1 is 1.29 bits per heavy atom. The maximum absolute atomic E-state index is 13.1. The van der Waals surface area contributed by atoms with Gasteiger partial charge in [0.25, 0.3) is 11.5 Å². The number of carbonyl (C=O) groups is 1. The van der Waals surface area contributed by atoms with Gasteiger partial charge in [-0.05, 0) is 54.9 Å². The summed E-state index contributed by atoms with van der Waals surface area (Å²) < 4.78 is 1.68. The summed E-state index contributed by atoms with van der Waals surface area (Å²) in [6, 6.07) is 6.54. The van der Waals surface area contributed by atoms with Crippen LogP contribution in [0.5, 0.6) is 0 Å². The van der Waals surface area contributed by atoms with Crippen molar-refractivity contribution in [3.8, 4) is 0 Å². The summed E-state index contributed by atoms with van der Waals surface area (Å²) in [4.78, 5) is 31.9. The molecule has 0 spiro atoms. The van der Waals surface area contributed by atoms with E-state index in [1.165, 1.54) is 11.1 Å². The van der Waals surface area contributed by atoms with Crippen LogP contribution >= 0.6 is 22.9 Å². The van der Waals surface area contributed by atoms with Crippen molar-refractivity contribution in [2.24, 2.45) is 11.3 Å². The highest BCUT2D eigenvalue weighted by Gasteiger charge is 2.31. The number of aromatic nitrogens is 2. The Hall–Kier alpha value is -2.18. The van der Waals surface area contributed by atoms with Crippen molar-refractivity contribution in [1.29, 1.82) is 0 Å². The number of hydrogen-bond acceptors (Lipinski definition) is 4. The van der Waals surface area contributed by atoms with Crippen LogP contribution in [0.3, 0.4) is 0 Å². The predicted molar refractivity (Wildman–Crippen MR) is 114 cm³/mol. The van der Waals surface area contributed by atoms with Gasteiger partial charge in [-0.3, -0.25) is 14.0 Å². The third-order valence-corrected chi connectivity index (χ3v) is 6.85. The molecule has 146 valence electrons. The zero-order valence-corrected chi connectivity index (χ0v) is 17.7. The quantitative estimate of drug-likeness (QED) is 0.653. The van der Waals surface area contributed by atoms with E-state index in [9.17, 15) is 9.59 Å². The second kappa shape index (κ2) is 7.01. The van der Waals surface area contributed by atoms with Gasteiger partial charge in [-0.2, -0.15) is 0 Å². The molecule has 2 heterocycles. The van der Waals surface area contributed by atoms with E-state index in [0.717, 1.165) is 25.0 Å². The van der Waals surface area contributed by atoms with Crippen LogP contribution in [0.1, 0.15) is 48.1 Å². The largest absolute Gasteiger partial charge is 0.316 e. The molecule has 1 unspecified atom stereocenters. The zero-order valence-electron chi connectivity index (χ0n) is 16.1. The topological polar surface area (TPSA) is 63.5 Å². The van der Waals surface area contributed by atoms with E-state index in [2.05, 4.69) is 31.1 Å². The van der Waals surface area contributed by atoms with Gasteiger partial charge in [-0.25, -0.2) is 4.98 Å². The maximum atomic E-state index is 13.1. The fourth-order valence-corrected chi connectivity index (χ4v) is 5.04. The SMILES string of the molecule is CC(C)(C)C1CCc2c(sc3ncc(NC(=O)c4ccc(Cl)cc4)c(=O)n23)C1. The highest BCUT2D eigenvalue weighted by Crippen LogP contribution is 2.39. The van der Waals surface area contributed by atoms with Gasteiger partial charge in [0.1, 0.15) is 5.69 Å². The van der Waals surface area contributed by atoms with Gasteiger partial charge in [0.15, 0.2) is 4.96 Å². The predicted octanol–water partition coefficient (Wildman–Crippen LogP) is 4.81. The highest BCUT2D eigenvalue weighted by molar-refractivity contribution is 7.17. The van der Waals surface area contributed by atoms with Gasteiger partial charge in [0.2, 0.25) is 0 Å². The van der Waals surface area contributed by atoms with E-state index < -0.39 is 0 Å². The van der Waals surface area contributed by atoms with Crippen molar-refractivity contribution < 1.29 is 4.79 Å². The number of nitrogens with one attached hydrogen (secondary N) is 1. The molecule has 2 aromatic heterocycles. The maximum Gasteiger partial charge on any atom is 0.282 e. The number of rotatable bonds is 2. The first-order valence-electron chi connectivity index (χ1n) is 9.33. The first-order valence-corrected chi connectivity index (χ1v) is 10.5. The monoisotopic (exact) mass is 415 g/mol. The summed E-state index contributed by atoms with van der Waals surface area (Å²) in [7, 11) is 0. The van der Waals surface area contributed by atoms with Crippen LogP contribution in [0, 0.1) is 11.3 Å². The normalized spacial score (nSPS) is 16.8. The minimum Gasteiger partial charge on any atom is -0.316 e. The van der Waals surface area contributed by atoms with Crippen molar-refractivity contribution in [3.05, 3.63) is 62.0 Å². The molecule has 0 bridgehead atoms. The first kappa shape index (κ1) is 19.2. The Labute approximate surface area is 172 Å². The molecule has 28 heavy (non-hydrogen) atoms. The molecule has 1 aromatic carbocycles. The van der Waals surface area contributed by atoms with Gasteiger partial charge in [0, 0.05) is 21.2 Å². The van der Waals surface area contributed by atoms with Crippen molar-refractivity contribution in [1.82, 2.24) is 9.38 Å². The Bertz CT molecular complexity index is 1110. The van der Waals surface area contributed by atoms with E-state index in [0.29, 0.717) is 21.5 Å². The number of nitrogens with zero attached hydrogens (tertiary/aromatic N) is 2. The Kier molecular flexibility index (Phi) is 4.79. The van der Waals surface area contributed by atoms with Crippen molar-refractivity contribution in [3.63, 3.8) is 0 Å². The molecule has 1 atom stereocenters. The van der Waals surface area contributed by atoms with Gasteiger partial charge in [0.05, 0.1) is 6.20 Å². The lowest BCUT2D eigenvalue weighted by atomic mass is 9.73. The second-order valence-corrected chi connectivity index (χ2v) is 9.83. The zero-order chi connectivity index (χ0) is 20.1. The van der Waals surface area contributed by atoms with Gasteiger partial charge in [-0.1, -0.05) is 32.4 Å². The summed E-state index contributed by atoms with van der Waals surface area (Å²) in [5.74, 6) is 0.236. The molecule has 0 radical (unpaired) electrons. The number of benzene rings is 1. The summed E-state index contributed by atoms with van der Waals surface area (Å²) in [5, 5.41) is 3.25. The first-order chi connectivity index (χ1) is 13.2. The van der Waals surface area contributed by atoms with Crippen LogP contribution in [0.2, 0.25) is 5.02 Å². The van der Waals surface area contributed by atoms with Crippen LogP contribution in [0.4, 0.5) is 5.69 Å². The highest BCUT2D eigenvalue weighted by atomic mass is 35.5. The van der Waals surface area contributed by atoms with Crippen LogP contribution in [0.15, 0.2) is 35.3 Å². The fraction of sp³-hybridized carbons (Fsp3) is 0.381. The minimum atomic E-state index is -0.354. The lowest BCUT2D eigenvalue weighted by molar-refractivity contribution is 0.102. The molecule has 7 heteroatoms. The molecular formula is C21H22ClN3O2S. The molecule has 0 aliphatic heterocycles. The number of fused-ring (bicyclic) bond motifs is 3. The number of carbonyl (C=O) groups excluding carboxylic acids is 1. The third-order valence-electron chi connectivity index (χ3n) is 5.48. The second-order valence-electron chi connectivity index (χ2n) is 8.33.